The SMILES string of the molecule is C[C@]12CCC(=O)C=C1CC[C@H]1[C@@H]3[C@H]4C[C@H]4[C@](O)(CCCOC4CCCCO4)[C@@]3(C)CC[C@@H]12. The van der Waals surface area contributed by atoms with Crippen molar-refractivity contribution in [3.8, 4) is 0 Å². The first-order valence-electron chi connectivity index (χ1n) is 13.6. The molecule has 0 bridgehead atoms. The van der Waals surface area contributed by atoms with Crippen molar-refractivity contribution in [1.29, 1.82) is 0 Å². The van der Waals surface area contributed by atoms with Gasteiger partial charge in [-0.05, 0) is 117 Å². The third kappa shape index (κ3) is 3.08. The van der Waals surface area contributed by atoms with Crippen molar-refractivity contribution in [3.05, 3.63) is 11.6 Å². The van der Waals surface area contributed by atoms with Gasteiger partial charge < -0.3 is 14.6 Å². The van der Waals surface area contributed by atoms with Gasteiger partial charge in [-0.25, -0.2) is 0 Å². The fraction of sp³-hybridized carbons (Fsp3) is 0.893. The van der Waals surface area contributed by atoms with Crippen LogP contribution in [-0.2, 0) is 14.3 Å². The Labute approximate surface area is 193 Å². The normalized spacial score (nSPS) is 51.8. The van der Waals surface area contributed by atoms with E-state index in [4.69, 9.17) is 9.47 Å². The molecule has 6 rings (SSSR count). The van der Waals surface area contributed by atoms with Crippen LogP contribution in [0.2, 0.25) is 0 Å². The minimum absolute atomic E-state index is 0.0259. The summed E-state index contributed by atoms with van der Waals surface area (Å²) in [4.78, 5) is 12.1. The van der Waals surface area contributed by atoms with Crippen molar-refractivity contribution < 1.29 is 19.4 Å². The Morgan fingerprint density at radius 3 is 2.78 bits per heavy atom. The first-order chi connectivity index (χ1) is 15.4. The van der Waals surface area contributed by atoms with E-state index in [2.05, 4.69) is 13.8 Å². The fourth-order valence-corrected chi connectivity index (χ4v) is 9.56. The standard InChI is InChI=1S/C28H42O4/c1-26-12-9-19(29)16-18(26)7-8-20-22(26)10-13-27(2)25(20)21-17-23(21)28(27,30)11-5-15-32-24-6-3-4-14-31-24/h16,20-25,30H,3-15,17H2,1-2H3/t20-,21+,22+,23-,24?,25-,26+,27+,28-/m1/s1. The number of carbonyl (C=O) groups excluding carboxylic acids is 1. The lowest BCUT2D eigenvalue weighted by molar-refractivity contribution is -0.173. The Morgan fingerprint density at radius 1 is 1.09 bits per heavy atom. The second kappa shape index (κ2) is 7.65. The van der Waals surface area contributed by atoms with Gasteiger partial charge in [-0.2, -0.15) is 0 Å². The van der Waals surface area contributed by atoms with Gasteiger partial charge in [-0.1, -0.05) is 19.4 Å². The van der Waals surface area contributed by atoms with Crippen LogP contribution in [0, 0.1) is 40.4 Å². The molecule has 5 fully saturated rings. The van der Waals surface area contributed by atoms with Crippen LogP contribution in [0.3, 0.4) is 0 Å². The van der Waals surface area contributed by atoms with Crippen LogP contribution in [0.5, 0.6) is 0 Å². The number of allylic oxidation sites excluding steroid dienone is 1. The number of hydrogen-bond donors (Lipinski definition) is 1. The number of aliphatic hydroxyl groups is 1. The molecule has 1 aliphatic heterocycles. The summed E-state index contributed by atoms with van der Waals surface area (Å²) in [6.45, 7) is 6.42. The maximum absolute atomic E-state index is 12.2. The summed E-state index contributed by atoms with van der Waals surface area (Å²) in [5, 5.41) is 12.2. The van der Waals surface area contributed by atoms with Crippen molar-refractivity contribution in [2.75, 3.05) is 13.2 Å². The van der Waals surface area contributed by atoms with Crippen LogP contribution in [0.15, 0.2) is 11.6 Å². The number of carbonyl (C=O) groups is 1. The highest BCUT2D eigenvalue weighted by molar-refractivity contribution is 5.91. The van der Waals surface area contributed by atoms with Gasteiger partial charge in [0.15, 0.2) is 12.1 Å². The number of hydrogen-bond acceptors (Lipinski definition) is 4. The predicted molar refractivity (Wildman–Crippen MR) is 123 cm³/mol. The topological polar surface area (TPSA) is 55.8 Å². The van der Waals surface area contributed by atoms with E-state index in [1.165, 1.54) is 31.3 Å². The van der Waals surface area contributed by atoms with Gasteiger partial charge in [-0.15, -0.1) is 0 Å². The lowest BCUT2D eigenvalue weighted by atomic mass is 9.45. The van der Waals surface area contributed by atoms with E-state index in [1.54, 1.807) is 0 Å². The highest BCUT2D eigenvalue weighted by Gasteiger charge is 2.75. The van der Waals surface area contributed by atoms with Gasteiger partial charge in [0.25, 0.3) is 0 Å². The van der Waals surface area contributed by atoms with E-state index in [0.717, 1.165) is 69.8 Å². The molecule has 4 saturated carbocycles. The van der Waals surface area contributed by atoms with Crippen molar-refractivity contribution in [2.24, 2.45) is 40.4 Å². The summed E-state index contributed by atoms with van der Waals surface area (Å²) in [7, 11) is 0. The van der Waals surface area contributed by atoms with Crippen molar-refractivity contribution in [2.45, 2.75) is 103 Å². The zero-order valence-corrected chi connectivity index (χ0v) is 20.1. The summed E-state index contributed by atoms with van der Waals surface area (Å²) >= 11 is 0. The molecule has 0 radical (unpaired) electrons. The van der Waals surface area contributed by atoms with Gasteiger partial charge in [-0.3, -0.25) is 4.79 Å². The molecule has 0 aromatic heterocycles. The highest BCUT2D eigenvalue weighted by Crippen LogP contribution is 2.77. The lowest BCUT2D eigenvalue weighted by Gasteiger charge is -2.60. The van der Waals surface area contributed by atoms with Crippen LogP contribution >= 0.6 is 0 Å². The average molecular weight is 443 g/mol. The van der Waals surface area contributed by atoms with Crippen LogP contribution < -0.4 is 0 Å². The Bertz CT molecular complexity index is 799. The molecule has 0 aromatic carbocycles. The number of rotatable bonds is 5. The van der Waals surface area contributed by atoms with Crippen LogP contribution in [0.4, 0.5) is 0 Å². The molecule has 0 spiro atoms. The second-order valence-corrected chi connectivity index (χ2v) is 12.5. The molecular formula is C28H42O4. The molecule has 0 aromatic rings. The summed E-state index contributed by atoms with van der Waals surface area (Å²) in [6, 6.07) is 0. The van der Waals surface area contributed by atoms with E-state index >= 15 is 0 Å². The van der Waals surface area contributed by atoms with Gasteiger partial charge in [0, 0.05) is 19.6 Å². The largest absolute Gasteiger partial charge is 0.389 e. The Kier molecular flexibility index (Phi) is 5.21. The summed E-state index contributed by atoms with van der Waals surface area (Å²) in [5.41, 5.74) is 1.19. The molecule has 9 atom stereocenters. The van der Waals surface area contributed by atoms with E-state index in [0.29, 0.717) is 30.1 Å². The molecule has 1 unspecified atom stereocenters. The molecule has 1 N–H and O–H groups in total. The molecule has 1 heterocycles. The Hall–Kier alpha value is -0.710. The zero-order valence-electron chi connectivity index (χ0n) is 20.1. The molecule has 4 heteroatoms. The second-order valence-electron chi connectivity index (χ2n) is 12.5. The minimum atomic E-state index is -0.524. The summed E-state index contributed by atoms with van der Waals surface area (Å²) in [6.07, 6.45) is 14.8. The maximum Gasteiger partial charge on any atom is 0.157 e. The summed E-state index contributed by atoms with van der Waals surface area (Å²) < 4.78 is 11.7. The molecule has 0 amide bonds. The van der Waals surface area contributed by atoms with Gasteiger partial charge in [0.2, 0.25) is 0 Å². The van der Waals surface area contributed by atoms with Crippen molar-refractivity contribution in [3.63, 3.8) is 0 Å². The van der Waals surface area contributed by atoms with Gasteiger partial charge >= 0.3 is 0 Å². The molecule has 5 aliphatic carbocycles. The van der Waals surface area contributed by atoms with E-state index in [9.17, 15) is 9.90 Å². The first-order valence-corrected chi connectivity index (χ1v) is 13.6. The molecule has 4 nitrogen and oxygen atoms in total. The first kappa shape index (κ1) is 21.8. The predicted octanol–water partition coefficient (Wildman–Crippen LogP) is 5.43. The summed E-state index contributed by atoms with van der Waals surface area (Å²) in [5.74, 6) is 3.65. The number of fused-ring (bicyclic) bond motifs is 7. The van der Waals surface area contributed by atoms with Crippen molar-refractivity contribution in [1.82, 2.24) is 0 Å². The number of ether oxygens (including phenoxy) is 2. The van der Waals surface area contributed by atoms with Crippen LogP contribution in [0.1, 0.15) is 90.9 Å². The quantitative estimate of drug-likeness (QED) is 0.577. The minimum Gasteiger partial charge on any atom is -0.389 e. The average Bonchev–Trinajstić information content (AvgIpc) is 3.55. The molecule has 1 saturated heterocycles. The van der Waals surface area contributed by atoms with E-state index < -0.39 is 5.60 Å². The Morgan fingerprint density at radius 2 is 1.97 bits per heavy atom. The lowest BCUT2D eigenvalue weighted by Crippen LogP contribution is -2.57. The fourth-order valence-electron chi connectivity index (χ4n) is 9.56. The highest BCUT2D eigenvalue weighted by atomic mass is 16.7. The van der Waals surface area contributed by atoms with Crippen molar-refractivity contribution >= 4 is 5.78 Å². The molecule has 6 aliphatic rings. The molecular weight excluding hydrogens is 400 g/mol. The zero-order chi connectivity index (χ0) is 22.1. The number of ketones is 1. The Balaban J connectivity index is 1.16. The molecule has 32 heavy (non-hydrogen) atoms. The van der Waals surface area contributed by atoms with Gasteiger partial charge in [0.1, 0.15) is 0 Å². The maximum atomic E-state index is 12.2. The molecule has 178 valence electrons. The third-order valence-electron chi connectivity index (χ3n) is 11.3. The monoisotopic (exact) mass is 442 g/mol. The van der Waals surface area contributed by atoms with E-state index in [-0.39, 0.29) is 17.1 Å². The van der Waals surface area contributed by atoms with E-state index in [1.807, 2.05) is 6.08 Å². The van der Waals surface area contributed by atoms with Gasteiger partial charge in [0.05, 0.1) is 5.60 Å². The van der Waals surface area contributed by atoms with Crippen LogP contribution in [0.25, 0.3) is 0 Å². The smallest absolute Gasteiger partial charge is 0.157 e. The van der Waals surface area contributed by atoms with Crippen LogP contribution in [-0.4, -0.2) is 36.0 Å². The third-order valence-corrected chi connectivity index (χ3v) is 11.3.